The van der Waals surface area contributed by atoms with Gasteiger partial charge in [-0.3, -0.25) is 0 Å². The maximum absolute atomic E-state index is 4.88. The summed E-state index contributed by atoms with van der Waals surface area (Å²) in [5.41, 5.74) is 6.79. The molecule has 2 nitrogen and oxygen atoms in total. The van der Waals surface area contributed by atoms with E-state index in [0.717, 1.165) is 47.6 Å². The maximum Gasteiger partial charge on any atom is 0.160 e. The molecule has 3 rings (SSSR count). The second-order valence-electron chi connectivity index (χ2n) is 7.13. The summed E-state index contributed by atoms with van der Waals surface area (Å²) >= 11 is 0. The van der Waals surface area contributed by atoms with Crippen LogP contribution in [-0.4, -0.2) is 9.97 Å². The molecule has 28 heavy (non-hydrogen) atoms. The van der Waals surface area contributed by atoms with Gasteiger partial charge in [-0.25, -0.2) is 9.97 Å². The summed E-state index contributed by atoms with van der Waals surface area (Å²) in [5.74, 6) is 0.790. The Hall–Kier alpha value is -3.00. The second kappa shape index (κ2) is 9.80. The number of nitrogens with zero attached hydrogens (tertiary/aromatic N) is 2. The molecular weight excluding hydrogens is 340 g/mol. The molecule has 0 atom stereocenters. The molecule has 0 saturated carbocycles. The number of hydrogen-bond acceptors (Lipinski definition) is 2. The van der Waals surface area contributed by atoms with Crippen LogP contribution in [0.2, 0.25) is 0 Å². The molecule has 0 spiro atoms. The lowest BCUT2D eigenvalue weighted by molar-refractivity contribution is 0.966. The lowest BCUT2D eigenvalue weighted by Crippen LogP contribution is -2.01. The van der Waals surface area contributed by atoms with Gasteiger partial charge >= 0.3 is 0 Å². The van der Waals surface area contributed by atoms with E-state index in [9.17, 15) is 0 Å². The van der Waals surface area contributed by atoms with Gasteiger partial charge in [0, 0.05) is 17.7 Å². The number of aromatic nitrogens is 2. The van der Waals surface area contributed by atoms with E-state index in [1.54, 1.807) is 0 Å². The summed E-state index contributed by atoms with van der Waals surface area (Å²) < 4.78 is 0. The molecule has 0 N–H and O–H groups in total. The van der Waals surface area contributed by atoms with Gasteiger partial charge in [0.1, 0.15) is 0 Å². The Kier molecular flexibility index (Phi) is 6.91. The third-order valence-corrected chi connectivity index (χ3v) is 4.71. The number of hydrogen-bond donors (Lipinski definition) is 0. The Morgan fingerprint density at radius 2 is 1.86 bits per heavy atom. The summed E-state index contributed by atoms with van der Waals surface area (Å²) in [6.07, 6.45) is 20.1. The van der Waals surface area contributed by atoms with Gasteiger partial charge in [-0.1, -0.05) is 78.4 Å². The fourth-order valence-corrected chi connectivity index (χ4v) is 3.09. The first kappa shape index (κ1) is 19.8. The van der Waals surface area contributed by atoms with Gasteiger partial charge in [0.15, 0.2) is 5.82 Å². The third-order valence-electron chi connectivity index (χ3n) is 4.71. The molecule has 0 amide bonds. The van der Waals surface area contributed by atoms with Gasteiger partial charge in [-0.15, -0.1) is 0 Å². The Balaban J connectivity index is 1.98. The van der Waals surface area contributed by atoms with Crippen LogP contribution < -0.4 is 0 Å². The second-order valence-corrected chi connectivity index (χ2v) is 7.13. The fourth-order valence-electron chi connectivity index (χ4n) is 3.09. The molecule has 142 valence electrons. The first-order valence-electron chi connectivity index (χ1n) is 9.93. The van der Waals surface area contributed by atoms with E-state index < -0.39 is 0 Å². The van der Waals surface area contributed by atoms with Gasteiger partial charge in [-0.05, 0) is 50.8 Å². The predicted octanol–water partition coefficient (Wildman–Crippen LogP) is 6.81. The summed E-state index contributed by atoms with van der Waals surface area (Å²) in [7, 11) is 0. The number of benzene rings is 1. The highest BCUT2D eigenvalue weighted by Crippen LogP contribution is 2.22. The summed E-state index contributed by atoms with van der Waals surface area (Å²) in [4.78, 5) is 9.73. The molecule has 2 heteroatoms. The van der Waals surface area contributed by atoms with Crippen LogP contribution in [0.3, 0.4) is 0 Å². The van der Waals surface area contributed by atoms with Gasteiger partial charge in [0.05, 0.1) is 5.69 Å². The highest BCUT2D eigenvalue weighted by molar-refractivity contribution is 5.65. The van der Waals surface area contributed by atoms with Crippen LogP contribution in [0.25, 0.3) is 17.0 Å². The van der Waals surface area contributed by atoms with E-state index in [-0.39, 0.29) is 0 Å². The molecule has 1 aromatic heterocycles. The van der Waals surface area contributed by atoms with Crippen molar-refractivity contribution in [2.75, 3.05) is 0 Å². The van der Waals surface area contributed by atoms with E-state index in [0.29, 0.717) is 0 Å². The van der Waals surface area contributed by atoms with Crippen LogP contribution >= 0.6 is 0 Å². The standard InChI is InChI=1S/C26H28N2/c1-4-5-6-8-11-21(3)25-19-24(18-22-12-9-7-10-13-22)27-26(28-25)23-16-14-20(2)15-17-23/h4-6,8-9,11-17,19H,7,10,18H2,1-3H3/b5-4-,8-6-,21-11+. The Bertz CT molecular complexity index is 954. The fraction of sp³-hybridized carbons (Fsp3) is 0.231. The molecule has 2 aromatic rings. The minimum atomic E-state index is 0.790. The highest BCUT2D eigenvalue weighted by Gasteiger charge is 2.10. The van der Waals surface area contributed by atoms with Crippen molar-refractivity contribution in [2.24, 2.45) is 0 Å². The zero-order valence-electron chi connectivity index (χ0n) is 17.0. The minimum Gasteiger partial charge on any atom is -0.233 e. The van der Waals surface area contributed by atoms with Crippen molar-refractivity contribution in [3.05, 3.63) is 101 Å². The van der Waals surface area contributed by atoms with Crippen molar-refractivity contribution in [3.63, 3.8) is 0 Å². The largest absolute Gasteiger partial charge is 0.233 e. The van der Waals surface area contributed by atoms with E-state index >= 15 is 0 Å². The van der Waals surface area contributed by atoms with Gasteiger partial charge in [0.2, 0.25) is 0 Å². The molecule has 0 bridgehead atoms. The summed E-state index contributed by atoms with van der Waals surface area (Å²) in [6.45, 7) is 6.21. The number of aryl methyl sites for hydroxylation is 1. The van der Waals surface area contributed by atoms with Crippen LogP contribution in [0.15, 0.2) is 84.5 Å². The third kappa shape index (κ3) is 5.50. The Morgan fingerprint density at radius 1 is 1.04 bits per heavy atom. The van der Waals surface area contributed by atoms with E-state index in [2.05, 4.69) is 74.6 Å². The number of allylic oxidation sites excluding steroid dienone is 10. The van der Waals surface area contributed by atoms with E-state index in [4.69, 9.17) is 9.97 Å². The average Bonchev–Trinajstić information content (AvgIpc) is 2.72. The van der Waals surface area contributed by atoms with Crippen molar-refractivity contribution in [1.29, 1.82) is 0 Å². The van der Waals surface area contributed by atoms with Gasteiger partial charge in [-0.2, -0.15) is 0 Å². The molecule has 1 aromatic carbocycles. The van der Waals surface area contributed by atoms with Crippen molar-refractivity contribution >= 4 is 5.57 Å². The van der Waals surface area contributed by atoms with Crippen LogP contribution in [0.1, 0.15) is 43.6 Å². The zero-order valence-corrected chi connectivity index (χ0v) is 17.0. The molecule has 0 fully saturated rings. The summed E-state index contributed by atoms with van der Waals surface area (Å²) in [5, 5.41) is 0. The van der Waals surface area contributed by atoms with Gasteiger partial charge < -0.3 is 0 Å². The van der Waals surface area contributed by atoms with Gasteiger partial charge in [0.25, 0.3) is 0 Å². The van der Waals surface area contributed by atoms with Crippen molar-refractivity contribution in [1.82, 2.24) is 9.97 Å². The lowest BCUT2D eigenvalue weighted by atomic mass is 10.0. The van der Waals surface area contributed by atoms with Crippen LogP contribution in [-0.2, 0) is 6.42 Å². The molecule has 1 aliphatic rings. The monoisotopic (exact) mass is 368 g/mol. The maximum atomic E-state index is 4.88. The molecule has 0 unspecified atom stereocenters. The Morgan fingerprint density at radius 3 is 2.57 bits per heavy atom. The molecule has 0 aliphatic heterocycles. The molecule has 0 saturated heterocycles. The van der Waals surface area contributed by atoms with Crippen molar-refractivity contribution < 1.29 is 0 Å². The molecule has 0 radical (unpaired) electrons. The normalized spacial score (nSPS) is 14.8. The first-order valence-corrected chi connectivity index (χ1v) is 9.93. The van der Waals surface area contributed by atoms with Crippen LogP contribution in [0.5, 0.6) is 0 Å². The predicted molar refractivity (Wildman–Crippen MR) is 120 cm³/mol. The number of rotatable bonds is 6. The highest BCUT2D eigenvalue weighted by atomic mass is 14.9. The lowest BCUT2D eigenvalue weighted by Gasteiger charge is -2.11. The van der Waals surface area contributed by atoms with Crippen LogP contribution in [0, 0.1) is 6.92 Å². The smallest absolute Gasteiger partial charge is 0.160 e. The molecular formula is C26H28N2. The van der Waals surface area contributed by atoms with Crippen molar-refractivity contribution in [2.45, 2.75) is 40.0 Å². The molecule has 1 aliphatic carbocycles. The SMILES string of the molecule is C\C=C/C=C\C=C(/C)c1cc(CC2=CCCC=C2)nc(-c2ccc(C)cc2)n1. The topological polar surface area (TPSA) is 25.8 Å². The summed E-state index contributed by atoms with van der Waals surface area (Å²) in [6, 6.07) is 10.5. The quantitative estimate of drug-likeness (QED) is 0.524. The van der Waals surface area contributed by atoms with Crippen LogP contribution in [0.4, 0.5) is 0 Å². The van der Waals surface area contributed by atoms with E-state index in [1.807, 2.05) is 25.2 Å². The van der Waals surface area contributed by atoms with E-state index in [1.165, 1.54) is 11.1 Å². The minimum absolute atomic E-state index is 0.790. The Labute approximate surface area is 168 Å². The average molecular weight is 369 g/mol. The first-order chi connectivity index (χ1) is 13.7. The van der Waals surface area contributed by atoms with Crippen molar-refractivity contribution in [3.8, 4) is 11.4 Å². The zero-order chi connectivity index (χ0) is 19.8. The molecule has 1 heterocycles.